The second-order valence-electron chi connectivity index (χ2n) is 4.89. The summed E-state index contributed by atoms with van der Waals surface area (Å²) in [6, 6.07) is 11.2. The van der Waals surface area contributed by atoms with Gasteiger partial charge in [0, 0.05) is 6.04 Å². The smallest absolute Gasteiger partial charge is 0.206 e. The van der Waals surface area contributed by atoms with Gasteiger partial charge in [-0.2, -0.15) is 0 Å². The number of sulfonamides is 1. The van der Waals surface area contributed by atoms with E-state index in [4.69, 9.17) is 0 Å². The third-order valence-electron chi connectivity index (χ3n) is 3.16. The van der Waals surface area contributed by atoms with Crippen LogP contribution in [0, 0.1) is 0 Å². The summed E-state index contributed by atoms with van der Waals surface area (Å²) in [5.74, 6) is 0. The van der Waals surface area contributed by atoms with Gasteiger partial charge in [-0.25, -0.2) is 13.1 Å². The van der Waals surface area contributed by atoms with E-state index in [2.05, 4.69) is 39.7 Å². The largest absolute Gasteiger partial charge is 0.250 e. The average molecular weight is 388 g/mol. The Labute approximate surface area is 138 Å². The summed E-state index contributed by atoms with van der Waals surface area (Å²) in [6.45, 7) is 4.00. The van der Waals surface area contributed by atoms with Gasteiger partial charge in [-0.05, 0) is 52.5 Å². The molecule has 1 aromatic heterocycles. The Bertz CT molecular complexity index is 693. The highest BCUT2D eigenvalue weighted by molar-refractivity contribution is 9.11. The second kappa shape index (κ2) is 7.05. The minimum atomic E-state index is -3.47. The van der Waals surface area contributed by atoms with Crippen LogP contribution in [-0.2, 0) is 16.4 Å². The molecule has 0 saturated heterocycles. The number of thiophene rings is 1. The summed E-state index contributed by atoms with van der Waals surface area (Å²) in [7, 11) is -3.47. The second-order valence-corrected chi connectivity index (χ2v) is 9.30. The molecule has 3 nitrogen and oxygen atoms in total. The van der Waals surface area contributed by atoms with Gasteiger partial charge >= 0.3 is 0 Å². The Morgan fingerprint density at radius 3 is 2.38 bits per heavy atom. The molecule has 6 heteroatoms. The number of halogens is 1. The van der Waals surface area contributed by atoms with E-state index in [1.807, 2.05) is 19.1 Å². The van der Waals surface area contributed by atoms with Crippen molar-refractivity contribution in [2.75, 3.05) is 0 Å². The van der Waals surface area contributed by atoms with Gasteiger partial charge in [0.05, 0.1) is 3.79 Å². The highest BCUT2D eigenvalue weighted by Crippen LogP contribution is 2.27. The maximum absolute atomic E-state index is 12.3. The molecule has 0 saturated carbocycles. The fourth-order valence-electron chi connectivity index (χ4n) is 2.06. The summed E-state index contributed by atoms with van der Waals surface area (Å²) in [5, 5.41) is 0. The lowest BCUT2D eigenvalue weighted by Crippen LogP contribution is -2.26. The minimum Gasteiger partial charge on any atom is -0.206 e. The number of hydrogen-bond acceptors (Lipinski definition) is 3. The van der Waals surface area contributed by atoms with Crippen molar-refractivity contribution in [2.24, 2.45) is 0 Å². The van der Waals surface area contributed by atoms with Crippen LogP contribution in [0.15, 0.2) is 44.4 Å². The van der Waals surface area contributed by atoms with Crippen molar-refractivity contribution in [2.45, 2.75) is 36.9 Å². The Morgan fingerprint density at radius 1 is 1.19 bits per heavy atom. The quantitative estimate of drug-likeness (QED) is 0.792. The van der Waals surface area contributed by atoms with Crippen LogP contribution in [0.25, 0.3) is 0 Å². The normalized spacial score (nSPS) is 13.3. The first-order valence-electron chi connectivity index (χ1n) is 6.79. The van der Waals surface area contributed by atoms with Crippen LogP contribution in [0.4, 0.5) is 0 Å². The molecule has 2 rings (SSSR count). The number of benzene rings is 1. The predicted octanol–water partition coefficient (Wildman–Crippen LogP) is 4.50. The predicted molar refractivity (Wildman–Crippen MR) is 91.2 cm³/mol. The van der Waals surface area contributed by atoms with E-state index in [1.165, 1.54) is 16.9 Å². The molecule has 1 atom stereocenters. The van der Waals surface area contributed by atoms with Crippen molar-refractivity contribution in [1.29, 1.82) is 0 Å². The zero-order valence-electron chi connectivity index (χ0n) is 12.0. The maximum atomic E-state index is 12.3. The van der Waals surface area contributed by atoms with Crippen molar-refractivity contribution in [3.8, 4) is 0 Å². The standard InChI is InChI=1S/C15H18BrNO2S2/c1-3-4-12-5-7-13(8-6-12)11(2)17-21(18,19)15-10-9-14(16)20-15/h5-11,17H,3-4H2,1-2H3. The van der Waals surface area contributed by atoms with Crippen LogP contribution in [0.2, 0.25) is 0 Å². The van der Waals surface area contributed by atoms with Gasteiger partial charge in [0.1, 0.15) is 4.21 Å². The van der Waals surface area contributed by atoms with E-state index in [-0.39, 0.29) is 6.04 Å². The molecule has 0 aliphatic carbocycles. The van der Waals surface area contributed by atoms with Gasteiger partial charge in [-0.1, -0.05) is 37.6 Å². The maximum Gasteiger partial charge on any atom is 0.250 e. The van der Waals surface area contributed by atoms with Crippen LogP contribution >= 0.6 is 27.3 Å². The van der Waals surface area contributed by atoms with E-state index < -0.39 is 10.0 Å². The molecular formula is C15H18BrNO2S2. The Balaban J connectivity index is 2.11. The summed E-state index contributed by atoms with van der Waals surface area (Å²) in [4.78, 5) is 0. The third kappa shape index (κ3) is 4.39. The Kier molecular flexibility index (Phi) is 5.60. The molecule has 1 unspecified atom stereocenters. The number of hydrogen-bond donors (Lipinski definition) is 1. The van der Waals surface area contributed by atoms with Crippen LogP contribution in [0.5, 0.6) is 0 Å². The molecule has 1 heterocycles. The third-order valence-corrected chi connectivity index (χ3v) is 6.82. The lowest BCUT2D eigenvalue weighted by atomic mass is 10.0. The molecule has 114 valence electrons. The van der Waals surface area contributed by atoms with Gasteiger partial charge in [0.25, 0.3) is 10.0 Å². The summed E-state index contributed by atoms with van der Waals surface area (Å²) in [5.41, 5.74) is 2.24. The van der Waals surface area contributed by atoms with E-state index >= 15 is 0 Å². The van der Waals surface area contributed by atoms with Gasteiger partial charge in [0.15, 0.2) is 0 Å². The van der Waals surface area contributed by atoms with Crippen LogP contribution in [-0.4, -0.2) is 8.42 Å². The fraction of sp³-hybridized carbons (Fsp3) is 0.333. The molecule has 2 aromatic rings. The number of rotatable bonds is 6. The lowest BCUT2D eigenvalue weighted by molar-refractivity contribution is 0.569. The Hall–Kier alpha value is -0.690. The van der Waals surface area contributed by atoms with Crippen LogP contribution < -0.4 is 4.72 Å². The molecule has 0 amide bonds. The van der Waals surface area contributed by atoms with Crippen molar-refractivity contribution in [3.05, 3.63) is 51.3 Å². The zero-order valence-corrected chi connectivity index (χ0v) is 15.2. The number of aryl methyl sites for hydroxylation is 1. The van der Waals surface area contributed by atoms with Crippen molar-refractivity contribution >= 4 is 37.3 Å². The van der Waals surface area contributed by atoms with Crippen molar-refractivity contribution in [3.63, 3.8) is 0 Å². The summed E-state index contributed by atoms with van der Waals surface area (Å²) in [6.07, 6.45) is 2.15. The fourth-order valence-corrected chi connectivity index (χ4v) is 5.32. The van der Waals surface area contributed by atoms with Gasteiger partial charge in [-0.3, -0.25) is 0 Å². The first-order valence-corrected chi connectivity index (χ1v) is 9.88. The molecule has 0 spiro atoms. The monoisotopic (exact) mass is 387 g/mol. The van der Waals surface area contributed by atoms with Crippen molar-refractivity contribution < 1.29 is 8.42 Å². The van der Waals surface area contributed by atoms with E-state index in [0.717, 1.165) is 22.2 Å². The summed E-state index contributed by atoms with van der Waals surface area (Å²) >= 11 is 4.49. The van der Waals surface area contributed by atoms with Crippen molar-refractivity contribution in [1.82, 2.24) is 4.72 Å². The molecule has 0 aliphatic rings. The van der Waals surface area contributed by atoms with E-state index in [1.54, 1.807) is 12.1 Å². The first kappa shape index (κ1) is 16.7. The van der Waals surface area contributed by atoms with Gasteiger partial charge in [-0.15, -0.1) is 11.3 Å². The lowest BCUT2D eigenvalue weighted by Gasteiger charge is -2.14. The molecule has 0 fully saturated rings. The zero-order chi connectivity index (χ0) is 15.5. The highest BCUT2D eigenvalue weighted by Gasteiger charge is 2.20. The van der Waals surface area contributed by atoms with Gasteiger partial charge in [0.2, 0.25) is 0 Å². The first-order chi connectivity index (χ1) is 9.92. The van der Waals surface area contributed by atoms with Crippen LogP contribution in [0.1, 0.15) is 37.4 Å². The molecular weight excluding hydrogens is 370 g/mol. The summed E-state index contributed by atoms with van der Waals surface area (Å²) < 4.78 is 28.4. The van der Waals surface area contributed by atoms with Crippen LogP contribution in [0.3, 0.4) is 0 Å². The molecule has 0 radical (unpaired) electrons. The molecule has 1 N–H and O–H groups in total. The van der Waals surface area contributed by atoms with E-state index in [9.17, 15) is 8.42 Å². The minimum absolute atomic E-state index is 0.258. The number of nitrogens with one attached hydrogen (secondary N) is 1. The molecule has 0 aliphatic heterocycles. The SMILES string of the molecule is CCCc1ccc(C(C)NS(=O)(=O)c2ccc(Br)s2)cc1. The average Bonchev–Trinajstić information content (AvgIpc) is 2.87. The highest BCUT2D eigenvalue weighted by atomic mass is 79.9. The van der Waals surface area contributed by atoms with E-state index in [0.29, 0.717) is 4.21 Å². The molecule has 1 aromatic carbocycles. The molecule has 0 bridgehead atoms. The molecule has 21 heavy (non-hydrogen) atoms. The van der Waals surface area contributed by atoms with Gasteiger partial charge < -0.3 is 0 Å². The topological polar surface area (TPSA) is 46.2 Å². The Morgan fingerprint density at radius 2 is 1.86 bits per heavy atom.